The fourth-order valence-electron chi connectivity index (χ4n) is 3.55. The zero-order valence-electron chi connectivity index (χ0n) is 17.0. The Balaban J connectivity index is 1.51. The van der Waals surface area contributed by atoms with Crippen LogP contribution in [0.5, 0.6) is 0 Å². The van der Waals surface area contributed by atoms with Gasteiger partial charge in [-0.2, -0.15) is 10.4 Å². The molecule has 0 spiro atoms. The number of nitrogens with one attached hydrogen (secondary N) is 3. The summed E-state index contributed by atoms with van der Waals surface area (Å²) < 4.78 is 6.05. The van der Waals surface area contributed by atoms with Crippen LogP contribution in [0, 0.1) is 6.92 Å². The number of nitrogens with zero attached hydrogens (tertiary/aromatic N) is 2. The van der Waals surface area contributed by atoms with Crippen LogP contribution in [-0.4, -0.2) is 23.8 Å². The molecule has 0 bridgehead atoms. The van der Waals surface area contributed by atoms with Crippen molar-refractivity contribution in [3.8, 4) is 0 Å². The molecule has 1 amide bonds. The molecule has 0 aliphatic carbocycles. The number of carbonyl (C=O) groups is 1. The molecule has 2 unspecified atom stereocenters. The van der Waals surface area contributed by atoms with Gasteiger partial charge in [0.25, 0.3) is 5.91 Å². The van der Waals surface area contributed by atoms with Gasteiger partial charge in [-0.25, -0.2) is 4.99 Å². The number of hydrazine groups is 1. The summed E-state index contributed by atoms with van der Waals surface area (Å²) in [6.45, 7) is 3.96. The van der Waals surface area contributed by atoms with Gasteiger partial charge in [-0.3, -0.25) is 10.2 Å². The number of fused-ring (bicyclic) bond motifs is 1. The molecule has 2 aromatic carbocycles. The van der Waals surface area contributed by atoms with Crippen molar-refractivity contribution in [3.63, 3.8) is 0 Å². The van der Waals surface area contributed by atoms with Gasteiger partial charge >= 0.3 is 6.02 Å². The van der Waals surface area contributed by atoms with Crippen LogP contribution >= 0.6 is 11.3 Å². The van der Waals surface area contributed by atoms with E-state index < -0.39 is 11.9 Å². The summed E-state index contributed by atoms with van der Waals surface area (Å²) >= 11 is 1.64. The molecule has 2 aliphatic rings. The first kappa shape index (κ1) is 19.5. The van der Waals surface area contributed by atoms with Crippen molar-refractivity contribution >= 4 is 34.7 Å². The minimum Gasteiger partial charge on any atom is -0.436 e. The lowest BCUT2D eigenvalue weighted by Crippen LogP contribution is -2.38. The SMILES string of the molecule is Cc1ccc(C2(C)NN/C(=N\C3N=C(c4ccccc4)c4ccccc4NC3=O)O2)s1. The molecule has 3 N–H and O–H groups in total. The number of carbonyl (C=O) groups excluding carboxylic acids is 1. The number of para-hydroxylation sites is 1. The molecule has 0 radical (unpaired) electrons. The van der Waals surface area contributed by atoms with Crippen LogP contribution in [-0.2, 0) is 15.3 Å². The summed E-state index contributed by atoms with van der Waals surface area (Å²) in [7, 11) is 0. The Morgan fingerprint density at radius 2 is 1.84 bits per heavy atom. The van der Waals surface area contributed by atoms with Crippen molar-refractivity contribution in [1.82, 2.24) is 10.9 Å². The van der Waals surface area contributed by atoms with Crippen LogP contribution in [0.2, 0.25) is 0 Å². The lowest BCUT2D eigenvalue weighted by atomic mass is 10.0. The molecule has 1 saturated heterocycles. The molecule has 2 aliphatic heterocycles. The van der Waals surface area contributed by atoms with Gasteiger partial charge < -0.3 is 10.1 Å². The van der Waals surface area contributed by atoms with Crippen molar-refractivity contribution in [2.75, 3.05) is 5.32 Å². The number of amidine groups is 1. The minimum atomic E-state index is -1.00. The van der Waals surface area contributed by atoms with Gasteiger partial charge in [-0.15, -0.1) is 11.3 Å². The van der Waals surface area contributed by atoms with Crippen LogP contribution < -0.4 is 16.2 Å². The first-order chi connectivity index (χ1) is 15.0. The topological polar surface area (TPSA) is 87.1 Å². The largest absolute Gasteiger partial charge is 0.436 e. The Bertz CT molecular complexity index is 1200. The number of hydrogen-bond acceptors (Lipinski definition) is 6. The fraction of sp³-hybridized carbons (Fsp3) is 0.174. The van der Waals surface area contributed by atoms with Gasteiger partial charge in [0, 0.05) is 16.0 Å². The second-order valence-corrected chi connectivity index (χ2v) is 8.77. The molecule has 2 atom stereocenters. The number of amides is 1. The second kappa shape index (κ2) is 7.64. The van der Waals surface area contributed by atoms with Crippen LogP contribution in [0.1, 0.15) is 27.8 Å². The Morgan fingerprint density at radius 3 is 2.61 bits per heavy atom. The lowest BCUT2D eigenvalue weighted by Gasteiger charge is -2.19. The predicted octanol–water partition coefficient (Wildman–Crippen LogP) is 3.53. The highest BCUT2D eigenvalue weighted by Gasteiger charge is 2.38. The van der Waals surface area contributed by atoms with Crippen molar-refractivity contribution in [2.45, 2.75) is 25.7 Å². The zero-order valence-corrected chi connectivity index (χ0v) is 17.9. The fourth-order valence-corrected chi connectivity index (χ4v) is 4.46. The van der Waals surface area contributed by atoms with Gasteiger partial charge in [-0.1, -0.05) is 48.5 Å². The van der Waals surface area contributed by atoms with Crippen molar-refractivity contribution in [3.05, 3.63) is 87.6 Å². The molecular formula is C23H21N5O2S. The van der Waals surface area contributed by atoms with Crippen LogP contribution in [0.15, 0.2) is 76.7 Å². The van der Waals surface area contributed by atoms with Gasteiger partial charge in [0.05, 0.1) is 16.3 Å². The van der Waals surface area contributed by atoms with E-state index >= 15 is 0 Å². The highest BCUT2D eigenvalue weighted by Crippen LogP contribution is 2.31. The number of benzodiazepines with no additional fused rings is 1. The minimum absolute atomic E-state index is 0.218. The molecule has 8 heteroatoms. The molecule has 3 aromatic rings. The summed E-state index contributed by atoms with van der Waals surface area (Å²) in [4.78, 5) is 24.4. The van der Waals surface area contributed by atoms with Crippen LogP contribution in [0.25, 0.3) is 0 Å². The second-order valence-electron chi connectivity index (χ2n) is 7.48. The summed E-state index contributed by atoms with van der Waals surface area (Å²) in [6.07, 6.45) is -1.00. The van der Waals surface area contributed by atoms with Crippen molar-refractivity contribution < 1.29 is 9.53 Å². The van der Waals surface area contributed by atoms with Gasteiger partial charge in [0.1, 0.15) is 0 Å². The van der Waals surface area contributed by atoms with E-state index in [1.54, 1.807) is 11.3 Å². The third kappa shape index (κ3) is 3.71. The predicted molar refractivity (Wildman–Crippen MR) is 122 cm³/mol. The molecule has 1 fully saturated rings. The van der Waals surface area contributed by atoms with Gasteiger partial charge in [0.15, 0.2) is 0 Å². The Morgan fingerprint density at radius 1 is 1.06 bits per heavy atom. The van der Waals surface area contributed by atoms with E-state index in [1.165, 1.54) is 4.88 Å². The number of hydrogen-bond donors (Lipinski definition) is 3. The first-order valence-electron chi connectivity index (χ1n) is 9.92. The number of aryl methyl sites for hydroxylation is 1. The van der Waals surface area contributed by atoms with Crippen LogP contribution in [0.3, 0.4) is 0 Å². The third-order valence-corrected chi connectivity index (χ3v) is 6.34. The standard InChI is InChI=1S/C23H21N5O2S/c1-14-12-13-18(31-14)23(2)28-27-22(30-23)26-20-21(29)24-17-11-7-6-10-16(17)19(25-20)15-8-4-3-5-9-15/h3-13,20,28H,1-2H3,(H,24,29)(H,26,27). The number of ether oxygens (including phenoxy) is 1. The number of benzene rings is 2. The number of aliphatic imine (C=N–C) groups is 2. The summed E-state index contributed by atoms with van der Waals surface area (Å²) in [6, 6.07) is 21.7. The Hall–Kier alpha value is -3.49. The number of thiophene rings is 1. The summed E-state index contributed by atoms with van der Waals surface area (Å²) in [5.41, 5.74) is 8.47. The molecule has 31 heavy (non-hydrogen) atoms. The van der Waals surface area contributed by atoms with E-state index in [4.69, 9.17) is 9.73 Å². The molecule has 7 nitrogen and oxygen atoms in total. The Kier molecular flexibility index (Phi) is 4.80. The lowest BCUT2D eigenvalue weighted by molar-refractivity contribution is -0.117. The van der Waals surface area contributed by atoms with E-state index in [0.29, 0.717) is 11.4 Å². The molecule has 0 saturated carbocycles. The first-order valence-corrected chi connectivity index (χ1v) is 10.7. The molecular weight excluding hydrogens is 410 g/mol. The highest BCUT2D eigenvalue weighted by atomic mass is 32.1. The highest BCUT2D eigenvalue weighted by molar-refractivity contribution is 7.12. The number of rotatable bonds is 3. The summed E-state index contributed by atoms with van der Waals surface area (Å²) in [5, 5.41) is 2.94. The maximum Gasteiger partial charge on any atom is 0.304 e. The van der Waals surface area contributed by atoms with Crippen LogP contribution in [0.4, 0.5) is 5.69 Å². The summed E-state index contributed by atoms with van der Waals surface area (Å²) in [5.74, 6) is -0.322. The zero-order chi connectivity index (χ0) is 21.4. The van der Waals surface area contributed by atoms with Crippen molar-refractivity contribution in [1.29, 1.82) is 0 Å². The molecule has 3 heterocycles. The van der Waals surface area contributed by atoms with E-state index in [1.807, 2.05) is 80.6 Å². The number of anilines is 1. The maximum atomic E-state index is 12.9. The molecule has 5 rings (SSSR count). The van der Waals surface area contributed by atoms with E-state index in [0.717, 1.165) is 16.0 Å². The van der Waals surface area contributed by atoms with E-state index in [9.17, 15) is 4.79 Å². The Labute approximate surface area is 183 Å². The monoisotopic (exact) mass is 431 g/mol. The molecule has 156 valence electrons. The maximum absolute atomic E-state index is 12.9. The quantitative estimate of drug-likeness (QED) is 0.592. The average molecular weight is 432 g/mol. The normalized spacial score (nSPS) is 23.9. The van der Waals surface area contributed by atoms with Crippen molar-refractivity contribution in [2.24, 2.45) is 9.98 Å². The van der Waals surface area contributed by atoms with Gasteiger partial charge in [0.2, 0.25) is 11.9 Å². The molecule has 1 aromatic heterocycles. The van der Waals surface area contributed by atoms with Gasteiger partial charge in [-0.05, 0) is 32.0 Å². The van der Waals surface area contributed by atoms with E-state index in [2.05, 4.69) is 21.2 Å². The average Bonchev–Trinajstić information content (AvgIpc) is 3.35. The smallest absolute Gasteiger partial charge is 0.304 e. The van der Waals surface area contributed by atoms with E-state index in [-0.39, 0.29) is 11.9 Å². The third-order valence-electron chi connectivity index (χ3n) is 5.13.